The maximum Gasteiger partial charge on any atom is 1.00 e. The molecule has 0 saturated carbocycles. The topological polar surface area (TPSA) is 235 Å². The summed E-state index contributed by atoms with van der Waals surface area (Å²) in [6.07, 6.45) is 0. The first-order valence-corrected chi connectivity index (χ1v) is 17.1. The standard InChI is InChI=1S/C35H38N4O12S.4K/c1-22-10-12-27(38(18-32(40)41)19-33(42)43)29(16-22)50-14-15-51-30-17-23(11-13-28(30)39(20-34(44)45)21-35(46)47)36-52(48,49)31-9-5-6-24-25(31)7-4-8-26(24)37(2)3;;;;/h4-13,16-17,36H,14-15,18-21H2,1-3H3,(H,40,41)(H,42,43)(H,44,45)(H,46,47);;;;/q;4*+1/p-4. The molecule has 56 heavy (non-hydrogen) atoms. The van der Waals surface area contributed by atoms with Crippen LogP contribution in [0.5, 0.6) is 11.5 Å². The average molecular weight is 891 g/mol. The molecule has 4 aromatic rings. The smallest absolute Gasteiger partial charge is 0.548 e. The van der Waals surface area contributed by atoms with Crippen molar-refractivity contribution in [1.29, 1.82) is 0 Å². The molecule has 16 nitrogen and oxygen atoms in total. The van der Waals surface area contributed by atoms with Gasteiger partial charge in [0.2, 0.25) is 0 Å². The summed E-state index contributed by atoms with van der Waals surface area (Å²) in [5.41, 5.74) is 1.52. The molecule has 0 aliphatic rings. The summed E-state index contributed by atoms with van der Waals surface area (Å²) in [4.78, 5) is 49.4. The molecule has 0 amide bonds. The van der Waals surface area contributed by atoms with Crippen LogP contribution >= 0.6 is 0 Å². The van der Waals surface area contributed by atoms with Crippen LogP contribution in [0, 0.1) is 6.92 Å². The van der Waals surface area contributed by atoms with Gasteiger partial charge in [-0.2, -0.15) is 0 Å². The van der Waals surface area contributed by atoms with E-state index in [1.165, 1.54) is 36.4 Å². The Morgan fingerprint density at radius 1 is 0.607 bits per heavy atom. The fraction of sp³-hybridized carbons (Fsp3) is 0.257. The Morgan fingerprint density at radius 3 is 1.54 bits per heavy atom. The van der Waals surface area contributed by atoms with E-state index < -0.39 is 60.1 Å². The van der Waals surface area contributed by atoms with Crippen molar-refractivity contribution in [1.82, 2.24) is 0 Å². The van der Waals surface area contributed by atoms with Gasteiger partial charge in [-0.15, -0.1) is 0 Å². The van der Waals surface area contributed by atoms with Crippen LogP contribution in [0.1, 0.15) is 5.56 Å². The number of nitrogens with zero attached hydrogens (tertiary/aromatic N) is 3. The molecule has 0 radical (unpaired) electrons. The van der Waals surface area contributed by atoms with Gasteiger partial charge in [-0.1, -0.05) is 30.3 Å². The molecule has 4 rings (SSSR count). The minimum atomic E-state index is -4.23. The third-order valence-corrected chi connectivity index (χ3v) is 8.96. The van der Waals surface area contributed by atoms with Crippen LogP contribution in [0.3, 0.4) is 0 Å². The van der Waals surface area contributed by atoms with Gasteiger partial charge in [-0.3, -0.25) is 4.72 Å². The Hall–Kier alpha value is 0.315. The number of carboxylic acids is 4. The van der Waals surface area contributed by atoms with Gasteiger partial charge in [0, 0.05) is 36.6 Å². The van der Waals surface area contributed by atoms with Crippen LogP contribution in [0.15, 0.2) is 77.7 Å². The summed E-state index contributed by atoms with van der Waals surface area (Å²) >= 11 is 0. The molecular formula is C35H34K4N4O12S. The van der Waals surface area contributed by atoms with E-state index in [0.717, 1.165) is 15.5 Å². The van der Waals surface area contributed by atoms with E-state index >= 15 is 0 Å². The van der Waals surface area contributed by atoms with Crippen LogP contribution in [0.4, 0.5) is 22.7 Å². The molecule has 0 aliphatic carbocycles. The van der Waals surface area contributed by atoms with Gasteiger partial charge in [0.05, 0.1) is 72.0 Å². The second-order valence-corrected chi connectivity index (χ2v) is 13.3. The van der Waals surface area contributed by atoms with Crippen molar-refractivity contribution in [2.24, 2.45) is 0 Å². The Bertz CT molecular complexity index is 2080. The predicted octanol–water partition coefficient (Wildman–Crippen LogP) is -13.9. The van der Waals surface area contributed by atoms with Gasteiger partial charge in [-0.25, -0.2) is 8.42 Å². The summed E-state index contributed by atoms with van der Waals surface area (Å²) in [6.45, 7) is -2.14. The van der Waals surface area contributed by atoms with Crippen molar-refractivity contribution in [3.8, 4) is 11.5 Å². The summed E-state index contributed by atoms with van der Waals surface area (Å²) in [6, 6.07) is 18.5. The Labute approximate surface area is 494 Å². The number of hydrogen-bond acceptors (Lipinski definition) is 15. The molecule has 0 aliphatic heterocycles. The number of nitrogens with one attached hydrogen (secondary N) is 1. The third-order valence-electron chi connectivity index (χ3n) is 7.52. The molecule has 0 fully saturated rings. The first kappa shape index (κ1) is 56.3. The number of benzene rings is 4. The number of aliphatic carboxylic acids is 4. The molecule has 276 valence electrons. The van der Waals surface area contributed by atoms with Crippen molar-refractivity contribution >= 4 is 67.4 Å². The zero-order valence-corrected chi connectivity index (χ0v) is 45.6. The van der Waals surface area contributed by atoms with E-state index in [-0.39, 0.29) is 252 Å². The normalized spacial score (nSPS) is 10.3. The maximum atomic E-state index is 13.7. The molecule has 0 bridgehead atoms. The predicted molar refractivity (Wildman–Crippen MR) is 182 cm³/mol. The van der Waals surface area contributed by atoms with Gasteiger partial charge in [0.25, 0.3) is 10.0 Å². The molecule has 0 saturated heterocycles. The number of rotatable bonds is 19. The van der Waals surface area contributed by atoms with Crippen LogP contribution in [0.25, 0.3) is 10.8 Å². The quantitative estimate of drug-likeness (QED) is 0.0680. The van der Waals surface area contributed by atoms with E-state index in [4.69, 9.17) is 9.47 Å². The average Bonchev–Trinajstić information content (AvgIpc) is 3.04. The number of anilines is 4. The van der Waals surface area contributed by atoms with Crippen LogP contribution < -0.4 is 255 Å². The van der Waals surface area contributed by atoms with Crippen molar-refractivity contribution in [3.05, 3.63) is 78.4 Å². The number of fused-ring (bicyclic) bond motifs is 1. The van der Waals surface area contributed by atoms with Crippen molar-refractivity contribution < 1.29 is 263 Å². The van der Waals surface area contributed by atoms with E-state index in [1.807, 2.05) is 25.1 Å². The van der Waals surface area contributed by atoms with Crippen molar-refractivity contribution in [2.45, 2.75) is 11.8 Å². The largest absolute Gasteiger partial charge is 1.00 e. The Morgan fingerprint density at radius 2 is 1.05 bits per heavy atom. The third kappa shape index (κ3) is 16.6. The van der Waals surface area contributed by atoms with Crippen LogP contribution in [-0.4, -0.2) is 85.8 Å². The van der Waals surface area contributed by atoms with Gasteiger partial charge < -0.3 is 63.8 Å². The van der Waals surface area contributed by atoms with E-state index in [9.17, 15) is 48.0 Å². The summed E-state index contributed by atoms with van der Waals surface area (Å²) in [5, 5.41) is 46.8. The number of carbonyl (C=O) groups excluding carboxylic acids is 4. The Balaban J connectivity index is 0.00000756. The van der Waals surface area contributed by atoms with Crippen molar-refractivity contribution in [3.63, 3.8) is 0 Å². The van der Waals surface area contributed by atoms with E-state index in [0.29, 0.717) is 16.3 Å². The van der Waals surface area contributed by atoms with Gasteiger partial charge in [0.15, 0.2) is 0 Å². The molecule has 0 spiro atoms. The minimum absolute atomic E-state index is 0. The number of hydrogen-bond donors (Lipinski definition) is 1. The Kier molecular flexibility index (Phi) is 26.8. The molecule has 4 aromatic carbocycles. The minimum Gasteiger partial charge on any atom is -0.548 e. The molecule has 0 heterocycles. The first-order valence-electron chi connectivity index (χ1n) is 15.6. The molecular weight excluding hydrogens is 857 g/mol. The monoisotopic (exact) mass is 890 g/mol. The second-order valence-electron chi connectivity index (χ2n) is 11.7. The molecule has 0 unspecified atom stereocenters. The van der Waals surface area contributed by atoms with Crippen LogP contribution in [-0.2, 0) is 29.2 Å². The fourth-order valence-electron chi connectivity index (χ4n) is 5.43. The molecule has 0 aromatic heterocycles. The SMILES string of the molecule is Cc1ccc(N(CC(=O)[O-])CC(=O)[O-])c(OCCOc2cc(NS(=O)(=O)c3cccc4c(N(C)C)cccc34)ccc2N(CC(=O)[O-])CC(=O)[O-])c1.[K+].[K+].[K+].[K+]. The summed E-state index contributed by atoms with van der Waals surface area (Å²) in [5.74, 6) is -6.36. The van der Waals surface area contributed by atoms with E-state index in [1.54, 1.807) is 37.3 Å². The summed E-state index contributed by atoms with van der Waals surface area (Å²) in [7, 11) is -0.576. The number of aryl methyl sites for hydroxylation is 1. The summed E-state index contributed by atoms with van der Waals surface area (Å²) < 4.78 is 41.7. The van der Waals surface area contributed by atoms with Crippen LogP contribution in [0.2, 0.25) is 0 Å². The number of carboxylic acid groups (broad SMARTS) is 4. The number of carbonyl (C=O) groups is 4. The van der Waals surface area contributed by atoms with Gasteiger partial charge >= 0.3 is 206 Å². The zero-order chi connectivity index (χ0) is 38.2. The van der Waals surface area contributed by atoms with Gasteiger partial charge in [-0.05, 0) is 48.9 Å². The van der Waals surface area contributed by atoms with Gasteiger partial charge in [0.1, 0.15) is 24.7 Å². The number of ether oxygens (including phenoxy) is 2. The fourth-order valence-corrected chi connectivity index (χ4v) is 6.70. The van der Waals surface area contributed by atoms with Crippen molar-refractivity contribution in [2.75, 3.05) is 72.9 Å². The molecule has 0 atom stereocenters. The molecule has 1 N–H and O–H groups in total. The molecule has 21 heteroatoms. The number of sulfonamides is 1. The van der Waals surface area contributed by atoms with E-state index in [2.05, 4.69) is 4.72 Å². The first-order chi connectivity index (χ1) is 24.5. The second kappa shape index (κ2) is 26.6. The maximum absolute atomic E-state index is 13.7. The zero-order valence-electron chi connectivity index (χ0n) is 32.3.